The second-order valence-electron chi connectivity index (χ2n) is 5.57. The van der Waals surface area contributed by atoms with Crippen LogP contribution in [0.2, 0.25) is 0 Å². The van der Waals surface area contributed by atoms with Gasteiger partial charge in [-0.3, -0.25) is 9.59 Å². The second-order valence-corrected chi connectivity index (χ2v) is 5.57. The summed E-state index contributed by atoms with van der Waals surface area (Å²) in [5.41, 5.74) is 3.58. The Hall–Kier alpha value is -2.63. The number of carboxylic acid groups (broad SMARTS) is 1. The van der Waals surface area contributed by atoms with Crippen molar-refractivity contribution < 1.29 is 14.6 Å². The first-order valence-corrected chi connectivity index (χ1v) is 7.59. The van der Waals surface area contributed by atoms with E-state index in [-0.39, 0.29) is 12.0 Å². The highest BCUT2D eigenvalue weighted by Crippen LogP contribution is 2.37. The molecule has 2 aromatic rings. The molecule has 1 N–H and O–H groups in total. The SMILES string of the molecule is COc1cccc2c1-c1nn(CCCC(=O)O)c(=O)cc1CC2. The lowest BCUT2D eigenvalue weighted by Crippen LogP contribution is -2.26. The first kappa shape index (κ1) is 15.3. The van der Waals surface area contributed by atoms with Crippen LogP contribution in [-0.2, 0) is 24.2 Å². The van der Waals surface area contributed by atoms with Crippen molar-refractivity contribution in [1.29, 1.82) is 0 Å². The molecule has 1 aromatic carbocycles. The highest BCUT2D eigenvalue weighted by atomic mass is 16.5. The van der Waals surface area contributed by atoms with Crippen LogP contribution < -0.4 is 10.3 Å². The summed E-state index contributed by atoms with van der Waals surface area (Å²) in [6.07, 6.45) is 2.02. The number of hydrogen-bond donors (Lipinski definition) is 1. The van der Waals surface area contributed by atoms with Crippen molar-refractivity contribution >= 4 is 5.97 Å². The van der Waals surface area contributed by atoms with E-state index in [9.17, 15) is 9.59 Å². The number of hydrogen-bond acceptors (Lipinski definition) is 4. The van der Waals surface area contributed by atoms with E-state index in [2.05, 4.69) is 5.10 Å². The molecule has 0 radical (unpaired) electrons. The topological polar surface area (TPSA) is 81.4 Å². The highest BCUT2D eigenvalue weighted by molar-refractivity contribution is 5.75. The summed E-state index contributed by atoms with van der Waals surface area (Å²) in [6.45, 7) is 0.295. The first-order valence-electron chi connectivity index (χ1n) is 7.59. The van der Waals surface area contributed by atoms with E-state index in [1.165, 1.54) is 4.68 Å². The third kappa shape index (κ3) is 2.97. The molecule has 1 aliphatic carbocycles. The quantitative estimate of drug-likeness (QED) is 0.911. The van der Waals surface area contributed by atoms with Gasteiger partial charge >= 0.3 is 5.97 Å². The Labute approximate surface area is 133 Å². The summed E-state index contributed by atoms with van der Waals surface area (Å²) in [5, 5.41) is 13.2. The Kier molecular flexibility index (Phi) is 4.14. The molecule has 0 amide bonds. The Morgan fingerprint density at radius 3 is 2.87 bits per heavy atom. The average molecular weight is 314 g/mol. The zero-order valence-electron chi connectivity index (χ0n) is 12.9. The van der Waals surface area contributed by atoms with E-state index >= 15 is 0 Å². The monoisotopic (exact) mass is 314 g/mol. The number of benzene rings is 1. The molecule has 0 atom stereocenters. The molecular weight excluding hydrogens is 296 g/mol. The molecule has 0 fully saturated rings. The van der Waals surface area contributed by atoms with Gasteiger partial charge < -0.3 is 9.84 Å². The predicted octanol–water partition coefficient (Wildman–Crippen LogP) is 1.88. The van der Waals surface area contributed by atoms with Crippen LogP contribution in [0.25, 0.3) is 11.3 Å². The Balaban J connectivity index is 2.03. The number of aromatic nitrogens is 2. The van der Waals surface area contributed by atoms with Crippen molar-refractivity contribution in [2.45, 2.75) is 32.2 Å². The molecule has 23 heavy (non-hydrogen) atoms. The van der Waals surface area contributed by atoms with E-state index in [0.717, 1.165) is 41.0 Å². The van der Waals surface area contributed by atoms with Crippen LogP contribution in [0, 0.1) is 0 Å². The fraction of sp³-hybridized carbons (Fsp3) is 0.353. The average Bonchev–Trinajstić information content (AvgIpc) is 2.54. The van der Waals surface area contributed by atoms with Crippen molar-refractivity contribution in [1.82, 2.24) is 9.78 Å². The Morgan fingerprint density at radius 2 is 2.13 bits per heavy atom. The van der Waals surface area contributed by atoms with Crippen molar-refractivity contribution in [3.8, 4) is 17.0 Å². The van der Waals surface area contributed by atoms with E-state index in [0.29, 0.717) is 13.0 Å². The van der Waals surface area contributed by atoms with Gasteiger partial charge in [0.25, 0.3) is 5.56 Å². The normalized spacial score (nSPS) is 12.4. The number of nitrogens with zero attached hydrogens (tertiary/aromatic N) is 2. The molecule has 0 saturated carbocycles. The summed E-state index contributed by atoms with van der Waals surface area (Å²) in [5.74, 6) is -0.130. The lowest BCUT2D eigenvalue weighted by Gasteiger charge is -2.21. The van der Waals surface area contributed by atoms with Crippen LogP contribution >= 0.6 is 0 Å². The number of fused-ring (bicyclic) bond motifs is 3. The maximum Gasteiger partial charge on any atom is 0.303 e. The largest absolute Gasteiger partial charge is 0.496 e. The lowest BCUT2D eigenvalue weighted by molar-refractivity contribution is -0.137. The molecule has 3 rings (SSSR count). The molecule has 0 unspecified atom stereocenters. The van der Waals surface area contributed by atoms with Gasteiger partial charge in [-0.15, -0.1) is 0 Å². The van der Waals surface area contributed by atoms with Crippen LogP contribution in [0.1, 0.15) is 24.0 Å². The first-order chi connectivity index (χ1) is 11.1. The number of carboxylic acids is 1. The minimum atomic E-state index is -0.872. The summed E-state index contributed by atoms with van der Waals surface area (Å²) >= 11 is 0. The molecule has 6 nitrogen and oxygen atoms in total. The fourth-order valence-corrected chi connectivity index (χ4v) is 2.96. The van der Waals surface area contributed by atoms with Crippen LogP contribution in [0.5, 0.6) is 5.75 Å². The summed E-state index contributed by atoms with van der Waals surface area (Å²) in [4.78, 5) is 22.8. The third-order valence-corrected chi connectivity index (χ3v) is 4.07. The van der Waals surface area contributed by atoms with E-state index in [1.54, 1.807) is 13.2 Å². The molecule has 120 valence electrons. The van der Waals surface area contributed by atoms with Gasteiger partial charge in [0.05, 0.1) is 12.8 Å². The zero-order valence-corrected chi connectivity index (χ0v) is 12.9. The molecular formula is C17H18N2O4. The minimum absolute atomic E-state index is 0.0190. The van der Waals surface area contributed by atoms with Gasteiger partial charge in [-0.05, 0) is 36.5 Å². The second kappa shape index (κ2) is 6.24. The van der Waals surface area contributed by atoms with Crippen LogP contribution in [0.3, 0.4) is 0 Å². The number of methoxy groups -OCH3 is 1. The number of aliphatic carboxylic acids is 1. The summed E-state index contributed by atoms with van der Waals surface area (Å²) < 4.78 is 6.80. The standard InChI is InChI=1S/C17H18N2O4/c1-23-13-5-2-4-11-7-8-12-10-14(20)19(9-3-6-15(21)22)18-17(12)16(11)13/h2,4-5,10H,3,6-9H2,1H3,(H,21,22). The van der Waals surface area contributed by atoms with Gasteiger partial charge in [0.1, 0.15) is 5.75 Å². The molecule has 1 heterocycles. The van der Waals surface area contributed by atoms with Gasteiger partial charge in [0.2, 0.25) is 0 Å². The zero-order chi connectivity index (χ0) is 16.4. The van der Waals surface area contributed by atoms with Gasteiger partial charge in [-0.2, -0.15) is 5.10 Å². The van der Waals surface area contributed by atoms with Crippen LogP contribution in [0.15, 0.2) is 29.1 Å². The van der Waals surface area contributed by atoms with Gasteiger partial charge in [-0.25, -0.2) is 4.68 Å². The summed E-state index contributed by atoms with van der Waals surface area (Å²) in [6, 6.07) is 7.49. The van der Waals surface area contributed by atoms with Gasteiger partial charge in [0.15, 0.2) is 0 Å². The molecule has 0 bridgehead atoms. The highest BCUT2D eigenvalue weighted by Gasteiger charge is 2.22. The van der Waals surface area contributed by atoms with Crippen molar-refractivity contribution in [3.63, 3.8) is 0 Å². The fourth-order valence-electron chi connectivity index (χ4n) is 2.96. The molecule has 0 aliphatic heterocycles. The maximum atomic E-state index is 12.2. The van der Waals surface area contributed by atoms with Crippen molar-refractivity contribution in [2.75, 3.05) is 7.11 Å². The third-order valence-electron chi connectivity index (χ3n) is 4.07. The van der Waals surface area contributed by atoms with Crippen LogP contribution in [-0.4, -0.2) is 28.0 Å². The van der Waals surface area contributed by atoms with Crippen LogP contribution in [0.4, 0.5) is 0 Å². The molecule has 0 spiro atoms. The summed E-state index contributed by atoms with van der Waals surface area (Å²) in [7, 11) is 1.62. The number of aryl methyl sites for hydroxylation is 3. The Bertz CT molecular complexity index is 796. The lowest BCUT2D eigenvalue weighted by atomic mass is 9.89. The predicted molar refractivity (Wildman–Crippen MR) is 84.8 cm³/mol. The van der Waals surface area contributed by atoms with Crippen molar-refractivity contribution in [3.05, 3.63) is 45.7 Å². The van der Waals surface area contributed by atoms with Gasteiger partial charge in [0, 0.05) is 24.6 Å². The number of ether oxygens (including phenoxy) is 1. The smallest absolute Gasteiger partial charge is 0.303 e. The van der Waals surface area contributed by atoms with E-state index in [1.807, 2.05) is 18.2 Å². The minimum Gasteiger partial charge on any atom is -0.496 e. The Morgan fingerprint density at radius 1 is 1.35 bits per heavy atom. The number of carbonyl (C=O) groups is 1. The number of rotatable bonds is 5. The molecule has 0 saturated heterocycles. The molecule has 6 heteroatoms. The molecule has 1 aromatic heterocycles. The van der Waals surface area contributed by atoms with E-state index < -0.39 is 5.97 Å². The molecule has 1 aliphatic rings. The van der Waals surface area contributed by atoms with Gasteiger partial charge in [-0.1, -0.05) is 12.1 Å². The maximum absolute atomic E-state index is 12.2. The van der Waals surface area contributed by atoms with Crippen molar-refractivity contribution in [2.24, 2.45) is 0 Å². The van der Waals surface area contributed by atoms with E-state index in [4.69, 9.17) is 9.84 Å².